The highest BCUT2D eigenvalue weighted by Crippen LogP contribution is 2.29. The molecule has 4 nitrogen and oxygen atoms in total. The Morgan fingerprint density at radius 1 is 1.21 bits per heavy atom. The van der Waals surface area contributed by atoms with E-state index in [0.717, 1.165) is 4.47 Å². The molecule has 0 aromatic heterocycles. The Hall–Kier alpha value is -2.08. The Kier molecular flexibility index (Phi) is 6.20. The summed E-state index contributed by atoms with van der Waals surface area (Å²) >= 11 is 3.28. The van der Waals surface area contributed by atoms with Gasteiger partial charge in [-0.05, 0) is 50.2 Å². The van der Waals surface area contributed by atoms with Crippen molar-refractivity contribution in [3.8, 4) is 11.5 Å². The molecule has 0 fully saturated rings. The molecule has 0 aliphatic carbocycles. The molecule has 0 radical (unpaired) electrons. The third kappa shape index (κ3) is 4.71. The highest BCUT2D eigenvalue weighted by molar-refractivity contribution is 9.10. The number of halogens is 2. The van der Waals surface area contributed by atoms with Gasteiger partial charge in [-0.15, -0.1) is 0 Å². The van der Waals surface area contributed by atoms with Crippen LogP contribution < -0.4 is 14.8 Å². The highest BCUT2D eigenvalue weighted by Gasteiger charge is 2.13. The number of carbonyl (C=O) groups excluding carboxylic acids is 1. The van der Waals surface area contributed by atoms with Gasteiger partial charge in [0.2, 0.25) is 0 Å². The van der Waals surface area contributed by atoms with Crippen LogP contribution in [0, 0.1) is 5.82 Å². The van der Waals surface area contributed by atoms with Gasteiger partial charge in [0.25, 0.3) is 5.91 Å². The lowest BCUT2D eigenvalue weighted by atomic mass is 10.1. The molecule has 24 heavy (non-hydrogen) atoms. The smallest absolute Gasteiger partial charge is 0.251 e. The second-order valence-corrected chi connectivity index (χ2v) is 6.37. The van der Waals surface area contributed by atoms with Crippen molar-refractivity contribution in [2.75, 3.05) is 7.11 Å². The maximum atomic E-state index is 13.7. The summed E-state index contributed by atoms with van der Waals surface area (Å²) in [6.07, 6.45) is -0.00178. The largest absolute Gasteiger partial charge is 0.493 e. The van der Waals surface area contributed by atoms with Crippen molar-refractivity contribution in [3.63, 3.8) is 0 Å². The standard InChI is InChI=1S/C18H19BrFNO3/c1-11(2)24-16-7-4-12(9-17(16)23-3)18(22)21-10-13-8-14(19)5-6-15(13)20/h4-9,11H,10H2,1-3H3,(H,21,22). The average molecular weight is 396 g/mol. The Morgan fingerprint density at radius 2 is 1.96 bits per heavy atom. The van der Waals surface area contributed by atoms with E-state index in [9.17, 15) is 9.18 Å². The molecule has 1 N–H and O–H groups in total. The molecule has 0 atom stereocenters. The fraction of sp³-hybridized carbons (Fsp3) is 0.278. The van der Waals surface area contributed by atoms with Crippen LogP contribution in [-0.2, 0) is 6.54 Å². The van der Waals surface area contributed by atoms with Crippen LogP contribution in [0.15, 0.2) is 40.9 Å². The van der Waals surface area contributed by atoms with E-state index in [1.165, 1.54) is 13.2 Å². The van der Waals surface area contributed by atoms with E-state index in [0.29, 0.717) is 22.6 Å². The molecule has 2 aromatic rings. The van der Waals surface area contributed by atoms with E-state index in [2.05, 4.69) is 21.2 Å². The van der Waals surface area contributed by atoms with Crippen molar-refractivity contribution in [2.45, 2.75) is 26.5 Å². The first kappa shape index (κ1) is 18.3. The molecule has 0 saturated carbocycles. The van der Waals surface area contributed by atoms with E-state index in [1.54, 1.807) is 30.3 Å². The van der Waals surface area contributed by atoms with Crippen molar-refractivity contribution >= 4 is 21.8 Å². The summed E-state index contributed by atoms with van der Waals surface area (Å²) in [5.41, 5.74) is 0.822. The number of nitrogens with one attached hydrogen (secondary N) is 1. The normalized spacial score (nSPS) is 10.6. The second-order valence-electron chi connectivity index (χ2n) is 5.45. The Morgan fingerprint density at radius 3 is 2.62 bits per heavy atom. The molecule has 1 amide bonds. The summed E-state index contributed by atoms with van der Waals surface area (Å²) in [5.74, 6) is 0.368. The molecule has 0 aliphatic rings. The minimum absolute atomic E-state index is 0.00178. The van der Waals surface area contributed by atoms with Gasteiger partial charge >= 0.3 is 0 Å². The van der Waals surface area contributed by atoms with Gasteiger partial charge in [-0.1, -0.05) is 15.9 Å². The first-order valence-electron chi connectivity index (χ1n) is 7.47. The summed E-state index contributed by atoms with van der Waals surface area (Å²) in [4.78, 5) is 12.3. The Labute approximate surface area is 149 Å². The van der Waals surface area contributed by atoms with Crippen LogP contribution in [0.4, 0.5) is 4.39 Å². The zero-order valence-electron chi connectivity index (χ0n) is 13.7. The average Bonchev–Trinajstić information content (AvgIpc) is 2.55. The van der Waals surface area contributed by atoms with Crippen molar-refractivity contribution in [3.05, 3.63) is 57.8 Å². The third-order valence-corrected chi connectivity index (χ3v) is 3.73. The summed E-state index contributed by atoms with van der Waals surface area (Å²) in [6, 6.07) is 9.53. The monoisotopic (exact) mass is 395 g/mol. The van der Waals surface area contributed by atoms with Crippen LogP contribution in [0.25, 0.3) is 0 Å². The number of carbonyl (C=O) groups is 1. The molecule has 128 valence electrons. The van der Waals surface area contributed by atoms with Gasteiger partial charge < -0.3 is 14.8 Å². The lowest BCUT2D eigenvalue weighted by Crippen LogP contribution is -2.23. The molecular formula is C18H19BrFNO3. The zero-order valence-corrected chi connectivity index (χ0v) is 15.3. The highest BCUT2D eigenvalue weighted by atomic mass is 79.9. The van der Waals surface area contributed by atoms with E-state index in [-0.39, 0.29) is 24.4 Å². The summed E-state index contributed by atoms with van der Waals surface area (Å²) < 4.78 is 25.3. The lowest BCUT2D eigenvalue weighted by Gasteiger charge is -2.14. The first-order chi connectivity index (χ1) is 11.4. The number of rotatable bonds is 6. The lowest BCUT2D eigenvalue weighted by molar-refractivity contribution is 0.0950. The fourth-order valence-corrected chi connectivity index (χ4v) is 2.52. The maximum Gasteiger partial charge on any atom is 0.251 e. The molecule has 2 aromatic carbocycles. The predicted octanol–water partition coefficient (Wildman–Crippen LogP) is 4.31. The van der Waals surface area contributed by atoms with E-state index in [1.807, 2.05) is 13.8 Å². The minimum atomic E-state index is -0.364. The zero-order chi connectivity index (χ0) is 17.7. The maximum absolute atomic E-state index is 13.7. The second kappa shape index (κ2) is 8.15. The number of amides is 1. The molecule has 0 saturated heterocycles. The minimum Gasteiger partial charge on any atom is -0.493 e. The Balaban J connectivity index is 2.10. The Bertz CT molecular complexity index is 734. The number of hydrogen-bond donors (Lipinski definition) is 1. The predicted molar refractivity (Wildman–Crippen MR) is 94.0 cm³/mol. The molecule has 0 unspecified atom stereocenters. The van der Waals surface area contributed by atoms with Crippen LogP contribution in [0.3, 0.4) is 0 Å². The summed E-state index contributed by atoms with van der Waals surface area (Å²) in [5, 5.41) is 2.70. The molecule has 0 bridgehead atoms. The molecular weight excluding hydrogens is 377 g/mol. The van der Waals surface area contributed by atoms with Gasteiger partial charge in [0.05, 0.1) is 13.2 Å². The molecule has 2 rings (SSSR count). The number of ether oxygens (including phenoxy) is 2. The van der Waals surface area contributed by atoms with Gasteiger partial charge in [-0.25, -0.2) is 4.39 Å². The van der Waals surface area contributed by atoms with Crippen molar-refractivity contribution < 1.29 is 18.7 Å². The first-order valence-corrected chi connectivity index (χ1v) is 8.27. The number of benzene rings is 2. The topological polar surface area (TPSA) is 47.6 Å². The SMILES string of the molecule is COc1cc(C(=O)NCc2cc(Br)ccc2F)ccc1OC(C)C. The van der Waals surface area contributed by atoms with Gasteiger partial charge in [0, 0.05) is 22.1 Å². The number of methoxy groups -OCH3 is 1. The molecule has 0 spiro atoms. The van der Waals surface area contributed by atoms with Crippen molar-refractivity contribution in [1.29, 1.82) is 0 Å². The summed E-state index contributed by atoms with van der Waals surface area (Å²) in [7, 11) is 1.51. The third-order valence-electron chi connectivity index (χ3n) is 3.24. The van der Waals surface area contributed by atoms with Crippen LogP contribution in [0.1, 0.15) is 29.8 Å². The van der Waals surface area contributed by atoms with Crippen molar-refractivity contribution in [2.24, 2.45) is 0 Å². The van der Waals surface area contributed by atoms with Crippen LogP contribution >= 0.6 is 15.9 Å². The van der Waals surface area contributed by atoms with Crippen LogP contribution in [-0.4, -0.2) is 19.1 Å². The van der Waals surface area contributed by atoms with Gasteiger partial charge in [0.15, 0.2) is 11.5 Å². The van der Waals surface area contributed by atoms with Gasteiger partial charge in [0.1, 0.15) is 5.82 Å². The summed E-state index contributed by atoms with van der Waals surface area (Å²) in [6.45, 7) is 3.91. The van der Waals surface area contributed by atoms with Crippen LogP contribution in [0.5, 0.6) is 11.5 Å². The van der Waals surface area contributed by atoms with Crippen molar-refractivity contribution in [1.82, 2.24) is 5.32 Å². The van der Waals surface area contributed by atoms with Gasteiger partial charge in [-0.3, -0.25) is 4.79 Å². The molecule has 0 heterocycles. The van der Waals surface area contributed by atoms with E-state index < -0.39 is 0 Å². The quantitative estimate of drug-likeness (QED) is 0.792. The number of hydrogen-bond acceptors (Lipinski definition) is 3. The van der Waals surface area contributed by atoms with Gasteiger partial charge in [-0.2, -0.15) is 0 Å². The van der Waals surface area contributed by atoms with E-state index >= 15 is 0 Å². The molecule has 0 aliphatic heterocycles. The fourth-order valence-electron chi connectivity index (χ4n) is 2.12. The molecule has 6 heteroatoms. The van der Waals surface area contributed by atoms with E-state index in [4.69, 9.17) is 9.47 Å². The van der Waals surface area contributed by atoms with Crippen LogP contribution in [0.2, 0.25) is 0 Å².